The predicted molar refractivity (Wildman–Crippen MR) is 67.8 cm³/mol. The summed E-state index contributed by atoms with van der Waals surface area (Å²) < 4.78 is 5.50. The van der Waals surface area contributed by atoms with E-state index in [4.69, 9.17) is 4.42 Å². The first-order valence-electron chi connectivity index (χ1n) is 6.00. The Morgan fingerprint density at radius 3 is 2.76 bits per heavy atom. The van der Waals surface area contributed by atoms with E-state index in [1.165, 1.54) is 0 Å². The van der Waals surface area contributed by atoms with Crippen molar-refractivity contribution >= 4 is 0 Å². The molecule has 0 saturated heterocycles. The fourth-order valence-electron chi connectivity index (χ4n) is 2.03. The number of rotatable bonds is 5. The number of nitrogens with zero attached hydrogens (tertiary/aromatic N) is 1. The van der Waals surface area contributed by atoms with E-state index in [-0.39, 0.29) is 12.0 Å². The molecule has 0 saturated carbocycles. The molecule has 0 spiro atoms. The van der Waals surface area contributed by atoms with E-state index >= 15 is 0 Å². The molecule has 90 valence electrons. The van der Waals surface area contributed by atoms with Gasteiger partial charge < -0.3 is 9.73 Å². The second-order valence-corrected chi connectivity index (χ2v) is 4.09. The smallest absolute Gasteiger partial charge is 0.121 e. The summed E-state index contributed by atoms with van der Waals surface area (Å²) in [7, 11) is 0. The minimum atomic E-state index is 0.171. The van der Waals surface area contributed by atoms with Gasteiger partial charge in [-0.25, -0.2) is 0 Å². The van der Waals surface area contributed by atoms with Crippen molar-refractivity contribution in [2.24, 2.45) is 0 Å². The van der Waals surface area contributed by atoms with Crippen molar-refractivity contribution in [3.05, 3.63) is 54.2 Å². The SMILES string of the molecule is CCNC(c1ccco1)C(C)c1ccccn1. The fraction of sp³-hybridized carbons (Fsp3) is 0.357. The van der Waals surface area contributed by atoms with E-state index in [0.29, 0.717) is 0 Å². The van der Waals surface area contributed by atoms with Crippen LogP contribution in [-0.2, 0) is 0 Å². The van der Waals surface area contributed by atoms with Crippen molar-refractivity contribution in [2.75, 3.05) is 6.54 Å². The van der Waals surface area contributed by atoms with Gasteiger partial charge in [0.25, 0.3) is 0 Å². The molecule has 1 N–H and O–H groups in total. The van der Waals surface area contributed by atoms with Gasteiger partial charge in [0, 0.05) is 17.8 Å². The Morgan fingerprint density at radius 1 is 1.29 bits per heavy atom. The first kappa shape index (κ1) is 11.9. The summed E-state index contributed by atoms with van der Waals surface area (Å²) in [5, 5.41) is 3.45. The summed E-state index contributed by atoms with van der Waals surface area (Å²) >= 11 is 0. The van der Waals surface area contributed by atoms with Gasteiger partial charge in [-0.2, -0.15) is 0 Å². The Kier molecular flexibility index (Phi) is 3.94. The predicted octanol–water partition coefficient (Wildman–Crippen LogP) is 3.13. The highest BCUT2D eigenvalue weighted by atomic mass is 16.3. The largest absolute Gasteiger partial charge is 0.468 e. The average Bonchev–Trinajstić information content (AvgIpc) is 2.90. The minimum absolute atomic E-state index is 0.171. The summed E-state index contributed by atoms with van der Waals surface area (Å²) in [6.45, 7) is 5.17. The molecule has 2 aromatic heterocycles. The number of hydrogen-bond donors (Lipinski definition) is 1. The standard InChI is InChI=1S/C14H18N2O/c1-3-15-14(13-8-6-10-17-13)11(2)12-7-4-5-9-16-12/h4-11,14-15H,3H2,1-2H3. The molecule has 0 aliphatic rings. The lowest BCUT2D eigenvalue weighted by Gasteiger charge is -2.22. The Hall–Kier alpha value is -1.61. The second kappa shape index (κ2) is 5.64. The number of aromatic nitrogens is 1. The zero-order valence-corrected chi connectivity index (χ0v) is 10.3. The van der Waals surface area contributed by atoms with Gasteiger partial charge in [-0.15, -0.1) is 0 Å². The molecule has 0 bridgehead atoms. The Morgan fingerprint density at radius 2 is 2.18 bits per heavy atom. The van der Waals surface area contributed by atoms with Crippen molar-refractivity contribution in [3.63, 3.8) is 0 Å². The van der Waals surface area contributed by atoms with Crippen LogP contribution in [0.3, 0.4) is 0 Å². The van der Waals surface area contributed by atoms with Crippen LogP contribution in [0.25, 0.3) is 0 Å². The Bertz CT molecular complexity index is 425. The van der Waals surface area contributed by atoms with Gasteiger partial charge in [-0.05, 0) is 30.8 Å². The van der Waals surface area contributed by atoms with Crippen molar-refractivity contribution in [1.82, 2.24) is 10.3 Å². The summed E-state index contributed by atoms with van der Waals surface area (Å²) in [6, 6.07) is 10.1. The van der Waals surface area contributed by atoms with Crippen LogP contribution in [0.4, 0.5) is 0 Å². The van der Waals surface area contributed by atoms with Crippen LogP contribution in [-0.4, -0.2) is 11.5 Å². The maximum absolute atomic E-state index is 5.50. The van der Waals surface area contributed by atoms with Gasteiger partial charge in [0.1, 0.15) is 5.76 Å². The number of pyridine rings is 1. The first-order valence-corrected chi connectivity index (χ1v) is 6.00. The van der Waals surface area contributed by atoms with E-state index in [1.54, 1.807) is 6.26 Å². The van der Waals surface area contributed by atoms with Gasteiger partial charge in [0.2, 0.25) is 0 Å². The molecule has 0 aliphatic heterocycles. The molecule has 0 aromatic carbocycles. The molecule has 0 radical (unpaired) electrons. The maximum atomic E-state index is 5.50. The molecular formula is C14H18N2O. The Balaban J connectivity index is 2.22. The van der Waals surface area contributed by atoms with Gasteiger partial charge in [-0.3, -0.25) is 4.98 Å². The lowest BCUT2D eigenvalue weighted by molar-refractivity contribution is 0.378. The van der Waals surface area contributed by atoms with Crippen LogP contribution < -0.4 is 5.32 Å². The quantitative estimate of drug-likeness (QED) is 0.857. The van der Waals surface area contributed by atoms with Crippen LogP contribution in [0.2, 0.25) is 0 Å². The molecule has 3 heteroatoms. The van der Waals surface area contributed by atoms with Gasteiger partial charge in [-0.1, -0.05) is 19.9 Å². The lowest BCUT2D eigenvalue weighted by atomic mass is 9.95. The van der Waals surface area contributed by atoms with Crippen LogP contribution in [0, 0.1) is 0 Å². The molecular weight excluding hydrogens is 212 g/mol. The molecule has 2 unspecified atom stereocenters. The highest BCUT2D eigenvalue weighted by molar-refractivity contribution is 5.16. The molecule has 3 nitrogen and oxygen atoms in total. The topological polar surface area (TPSA) is 38.1 Å². The monoisotopic (exact) mass is 230 g/mol. The van der Waals surface area contributed by atoms with Crippen LogP contribution in [0.1, 0.15) is 37.3 Å². The van der Waals surface area contributed by atoms with E-state index in [0.717, 1.165) is 18.0 Å². The van der Waals surface area contributed by atoms with Crippen molar-refractivity contribution in [1.29, 1.82) is 0 Å². The summed E-state index contributed by atoms with van der Waals surface area (Å²) in [5.74, 6) is 1.24. The average molecular weight is 230 g/mol. The molecule has 2 atom stereocenters. The zero-order chi connectivity index (χ0) is 12.1. The summed E-state index contributed by atoms with van der Waals surface area (Å²) in [4.78, 5) is 4.41. The number of nitrogens with one attached hydrogen (secondary N) is 1. The van der Waals surface area contributed by atoms with Crippen molar-refractivity contribution < 1.29 is 4.42 Å². The maximum Gasteiger partial charge on any atom is 0.121 e. The van der Waals surface area contributed by atoms with Crippen LogP contribution in [0.15, 0.2) is 47.2 Å². The van der Waals surface area contributed by atoms with E-state index in [9.17, 15) is 0 Å². The zero-order valence-electron chi connectivity index (χ0n) is 10.3. The molecule has 2 rings (SSSR count). The van der Waals surface area contributed by atoms with Crippen LogP contribution >= 0.6 is 0 Å². The van der Waals surface area contributed by atoms with Crippen molar-refractivity contribution in [2.45, 2.75) is 25.8 Å². The van der Waals surface area contributed by atoms with Crippen LogP contribution in [0.5, 0.6) is 0 Å². The fourth-order valence-corrected chi connectivity index (χ4v) is 2.03. The molecule has 17 heavy (non-hydrogen) atoms. The molecule has 0 amide bonds. The van der Waals surface area contributed by atoms with Gasteiger partial charge in [0.15, 0.2) is 0 Å². The third kappa shape index (κ3) is 2.74. The normalized spacial score (nSPS) is 14.5. The van der Waals surface area contributed by atoms with Crippen molar-refractivity contribution in [3.8, 4) is 0 Å². The molecule has 2 aromatic rings. The van der Waals surface area contributed by atoms with E-state index in [1.807, 2.05) is 30.5 Å². The minimum Gasteiger partial charge on any atom is -0.468 e. The first-order chi connectivity index (χ1) is 8.33. The highest BCUT2D eigenvalue weighted by Gasteiger charge is 2.22. The summed E-state index contributed by atoms with van der Waals surface area (Å²) in [5.41, 5.74) is 1.08. The second-order valence-electron chi connectivity index (χ2n) is 4.09. The number of likely N-dealkylation sites (N-methyl/N-ethyl adjacent to an activating group) is 1. The molecule has 2 heterocycles. The molecule has 0 aliphatic carbocycles. The summed E-state index contributed by atoms with van der Waals surface area (Å²) in [6.07, 6.45) is 3.54. The number of furan rings is 1. The molecule has 0 fully saturated rings. The Labute approximate surface area is 102 Å². The van der Waals surface area contributed by atoms with Gasteiger partial charge >= 0.3 is 0 Å². The van der Waals surface area contributed by atoms with Gasteiger partial charge in [0.05, 0.1) is 12.3 Å². The third-order valence-corrected chi connectivity index (χ3v) is 2.93. The van der Waals surface area contributed by atoms with E-state index in [2.05, 4.69) is 30.2 Å². The lowest BCUT2D eigenvalue weighted by Crippen LogP contribution is -2.25. The van der Waals surface area contributed by atoms with E-state index < -0.39 is 0 Å². The highest BCUT2D eigenvalue weighted by Crippen LogP contribution is 2.29. The number of hydrogen-bond acceptors (Lipinski definition) is 3. The third-order valence-electron chi connectivity index (χ3n) is 2.93.